The molecule has 1 fully saturated rings. The van der Waals surface area contributed by atoms with Crippen molar-refractivity contribution in [2.45, 2.75) is 24.7 Å². The van der Waals surface area contributed by atoms with Crippen LogP contribution in [0, 0.1) is 17.2 Å². The number of nitrogens with zero attached hydrogens (tertiary/aromatic N) is 2. The van der Waals surface area contributed by atoms with E-state index in [9.17, 15) is 18.4 Å². The second kappa shape index (κ2) is 7.50. The number of rotatable bonds is 3. The zero-order valence-electron chi connectivity index (χ0n) is 16.6. The van der Waals surface area contributed by atoms with E-state index < -0.39 is 11.9 Å². The molecule has 3 aromatic rings. The first kappa shape index (κ1) is 19.8. The number of halogens is 3. The molecule has 3 atom stereocenters. The zero-order chi connectivity index (χ0) is 21.6. The fourth-order valence-electron chi connectivity index (χ4n) is 4.63. The van der Waals surface area contributed by atoms with Crippen LogP contribution in [-0.4, -0.2) is 35.6 Å². The van der Waals surface area contributed by atoms with Crippen LogP contribution >= 0.6 is 0 Å². The maximum Gasteiger partial charge on any atom is 0.431 e. The highest BCUT2D eigenvalue weighted by Crippen LogP contribution is 2.40. The first-order valence-corrected chi connectivity index (χ1v) is 10.2. The van der Waals surface area contributed by atoms with Gasteiger partial charge in [0.05, 0.1) is 24.1 Å². The van der Waals surface area contributed by atoms with E-state index in [-0.39, 0.29) is 18.0 Å². The number of alkyl halides is 3. The molecule has 31 heavy (non-hydrogen) atoms. The average Bonchev–Trinajstić information content (AvgIpc) is 3.41. The number of hydrogen-bond donors (Lipinski definition) is 2. The van der Waals surface area contributed by atoms with Crippen LogP contribution in [0.1, 0.15) is 23.7 Å². The van der Waals surface area contributed by atoms with Gasteiger partial charge in [-0.2, -0.15) is 18.4 Å². The third kappa shape index (κ3) is 3.59. The monoisotopic (exact) mass is 426 g/mol. The highest BCUT2D eigenvalue weighted by atomic mass is 19.4. The number of fused-ring (bicyclic) bond motifs is 2. The lowest BCUT2D eigenvalue weighted by Gasteiger charge is -2.39. The number of hydrogen-bond acceptors (Lipinski definition) is 4. The van der Waals surface area contributed by atoms with Gasteiger partial charge in [0.15, 0.2) is 0 Å². The van der Waals surface area contributed by atoms with Crippen LogP contribution in [-0.2, 0) is 6.18 Å². The van der Waals surface area contributed by atoms with E-state index in [2.05, 4.69) is 21.3 Å². The third-order valence-electron chi connectivity index (χ3n) is 6.20. The van der Waals surface area contributed by atoms with Crippen molar-refractivity contribution in [1.82, 2.24) is 9.88 Å². The number of likely N-dealkylation sites (tertiary alicyclic amines) is 1. The minimum Gasteiger partial charge on any atom is -0.491 e. The summed E-state index contributed by atoms with van der Waals surface area (Å²) in [4.78, 5) is 4.73. The Balaban J connectivity index is 1.53. The van der Waals surface area contributed by atoms with Crippen LogP contribution in [0.3, 0.4) is 0 Å². The van der Waals surface area contributed by atoms with Crippen LogP contribution in [0.2, 0.25) is 0 Å². The molecule has 0 bridgehead atoms. The fourth-order valence-corrected chi connectivity index (χ4v) is 4.63. The van der Waals surface area contributed by atoms with E-state index in [4.69, 9.17) is 4.74 Å². The Kier molecular flexibility index (Phi) is 4.78. The molecular formula is C23H21F3N4O. The molecule has 2 N–H and O–H groups in total. The first-order chi connectivity index (χ1) is 14.9. The number of H-pyrrole nitrogens is 1. The summed E-state index contributed by atoms with van der Waals surface area (Å²) in [7, 11) is 0. The van der Waals surface area contributed by atoms with Crippen molar-refractivity contribution in [3.8, 4) is 11.8 Å². The third-order valence-corrected chi connectivity index (χ3v) is 6.20. The predicted molar refractivity (Wildman–Crippen MR) is 111 cm³/mol. The number of ether oxygens (including phenoxy) is 1. The molecular weight excluding hydrogens is 405 g/mol. The summed E-state index contributed by atoms with van der Waals surface area (Å²) in [6, 6.07) is 16.2. The quantitative estimate of drug-likeness (QED) is 0.622. The molecule has 0 aliphatic carbocycles. The SMILES string of the molecule is N#CC1CCN(C2COc3ccccc3C2Nc2cccc3[nH]c(C(F)(F)F)cc23)C1. The van der Waals surface area contributed by atoms with Crippen LogP contribution in [0.4, 0.5) is 18.9 Å². The average molecular weight is 426 g/mol. The van der Waals surface area contributed by atoms with Gasteiger partial charge in [0.1, 0.15) is 18.1 Å². The van der Waals surface area contributed by atoms with Gasteiger partial charge in [-0.05, 0) is 30.7 Å². The lowest BCUT2D eigenvalue weighted by Crippen LogP contribution is -2.47. The molecule has 1 saturated heterocycles. The highest BCUT2D eigenvalue weighted by Gasteiger charge is 2.39. The minimum absolute atomic E-state index is 0.0136. The van der Waals surface area contributed by atoms with Gasteiger partial charge in [0.2, 0.25) is 0 Å². The van der Waals surface area contributed by atoms with E-state index in [1.165, 1.54) is 0 Å². The van der Waals surface area contributed by atoms with Crippen molar-refractivity contribution in [1.29, 1.82) is 5.26 Å². The second-order valence-corrected chi connectivity index (χ2v) is 8.10. The molecule has 0 spiro atoms. The molecule has 160 valence electrons. The number of nitrogens with one attached hydrogen (secondary N) is 2. The van der Waals surface area contributed by atoms with Crippen LogP contribution in [0.15, 0.2) is 48.5 Å². The van der Waals surface area contributed by atoms with Crippen LogP contribution in [0.5, 0.6) is 5.75 Å². The fraction of sp³-hybridized carbons (Fsp3) is 0.348. The number of benzene rings is 2. The summed E-state index contributed by atoms with van der Waals surface area (Å²) in [6.45, 7) is 1.90. The maximum atomic E-state index is 13.2. The number of para-hydroxylation sites is 1. The molecule has 0 radical (unpaired) electrons. The summed E-state index contributed by atoms with van der Waals surface area (Å²) >= 11 is 0. The standard InChI is InChI=1S/C23H21F3N4O/c24-23(25,26)21-10-16-17(28-21)5-3-6-18(16)29-22-15-4-1-2-7-20(15)31-13-19(22)30-9-8-14(11-27)12-30/h1-7,10,14,19,22,28-29H,8-9,12-13H2. The maximum absolute atomic E-state index is 13.2. The Morgan fingerprint density at radius 1 is 1.16 bits per heavy atom. The van der Waals surface area contributed by atoms with Crippen molar-refractivity contribution in [2.75, 3.05) is 25.0 Å². The number of nitriles is 1. The smallest absolute Gasteiger partial charge is 0.431 e. The van der Waals surface area contributed by atoms with Gasteiger partial charge >= 0.3 is 6.18 Å². The van der Waals surface area contributed by atoms with Gasteiger partial charge in [-0.1, -0.05) is 24.3 Å². The van der Waals surface area contributed by atoms with Gasteiger partial charge in [-0.3, -0.25) is 4.90 Å². The molecule has 3 unspecified atom stereocenters. The number of aromatic amines is 1. The van der Waals surface area contributed by atoms with E-state index in [1.54, 1.807) is 18.2 Å². The summed E-state index contributed by atoms with van der Waals surface area (Å²) in [5, 5.41) is 13.3. The molecule has 2 aliphatic rings. The van der Waals surface area contributed by atoms with E-state index in [1.807, 2.05) is 24.3 Å². The summed E-state index contributed by atoms with van der Waals surface area (Å²) in [5.41, 5.74) is 1.26. The Labute approximate surface area is 177 Å². The molecule has 5 nitrogen and oxygen atoms in total. The molecule has 2 aliphatic heterocycles. The summed E-state index contributed by atoms with van der Waals surface area (Å²) in [6.07, 6.45) is -3.63. The van der Waals surface area contributed by atoms with E-state index in [0.717, 1.165) is 30.3 Å². The second-order valence-electron chi connectivity index (χ2n) is 8.10. The largest absolute Gasteiger partial charge is 0.491 e. The van der Waals surface area contributed by atoms with Crippen molar-refractivity contribution in [3.05, 3.63) is 59.8 Å². The summed E-state index contributed by atoms with van der Waals surface area (Å²) < 4.78 is 45.7. The van der Waals surface area contributed by atoms with Gasteiger partial charge < -0.3 is 15.0 Å². The normalized spacial score (nSPS) is 23.9. The Bertz CT molecular complexity index is 1150. The first-order valence-electron chi connectivity index (χ1n) is 10.2. The molecule has 1 aromatic heterocycles. The van der Waals surface area contributed by atoms with Crippen molar-refractivity contribution < 1.29 is 17.9 Å². The van der Waals surface area contributed by atoms with Gasteiger partial charge in [0.25, 0.3) is 0 Å². The number of aromatic nitrogens is 1. The predicted octanol–water partition coefficient (Wildman–Crippen LogP) is 4.95. The van der Waals surface area contributed by atoms with Crippen molar-refractivity contribution >= 4 is 16.6 Å². The van der Waals surface area contributed by atoms with Crippen molar-refractivity contribution in [3.63, 3.8) is 0 Å². The van der Waals surface area contributed by atoms with Crippen LogP contribution in [0.25, 0.3) is 10.9 Å². The number of anilines is 1. The Morgan fingerprint density at radius 3 is 2.77 bits per heavy atom. The van der Waals surface area contributed by atoms with Gasteiger partial charge in [0, 0.05) is 35.2 Å². The molecule has 3 heterocycles. The van der Waals surface area contributed by atoms with E-state index >= 15 is 0 Å². The topological polar surface area (TPSA) is 64.1 Å². The van der Waals surface area contributed by atoms with Crippen LogP contribution < -0.4 is 10.1 Å². The minimum atomic E-state index is -4.44. The Hall–Kier alpha value is -3.18. The van der Waals surface area contributed by atoms with Gasteiger partial charge in [-0.15, -0.1) is 0 Å². The molecule has 8 heteroatoms. The lowest BCUT2D eigenvalue weighted by atomic mass is 9.94. The van der Waals surface area contributed by atoms with E-state index in [0.29, 0.717) is 29.7 Å². The highest BCUT2D eigenvalue weighted by molar-refractivity contribution is 5.93. The Morgan fingerprint density at radius 2 is 2.00 bits per heavy atom. The van der Waals surface area contributed by atoms with Crippen molar-refractivity contribution in [2.24, 2.45) is 5.92 Å². The summed E-state index contributed by atoms with van der Waals surface area (Å²) in [5.74, 6) is 0.754. The molecule has 0 saturated carbocycles. The van der Waals surface area contributed by atoms with Gasteiger partial charge in [-0.25, -0.2) is 0 Å². The molecule has 2 aromatic carbocycles. The molecule has 0 amide bonds. The zero-order valence-corrected chi connectivity index (χ0v) is 16.6. The molecule has 5 rings (SSSR count). The lowest BCUT2D eigenvalue weighted by molar-refractivity contribution is -0.140.